The maximum absolute atomic E-state index is 13.1. The molecule has 178 valence electrons. The zero-order valence-electron chi connectivity index (χ0n) is 18.6. The van der Waals surface area contributed by atoms with Gasteiger partial charge in [-0.3, -0.25) is 19.7 Å². The summed E-state index contributed by atoms with van der Waals surface area (Å²) in [6, 6.07) is 14.9. The van der Waals surface area contributed by atoms with Crippen LogP contribution in [-0.4, -0.2) is 42.4 Å². The molecule has 0 radical (unpaired) electrons. The number of rotatable bonds is 7. The summed E-state index contributed by atoms with van der Waals surface area (Å²) in [5.74, 6) is -0.998. The largest absolute Gasteiger partial charge is 0.486 e. The highest BCUT2D eigenvalue weighted by Gasteiger charge is 2.22. The molecule has 3 aromatic rings. The summed E-state index contributed by atoms with van der Waals surface area (Å²) in [4.78, 5) is 48.5. The lowest BCUT2D eigenvalue weighted by Gasteiger charge is -2.18. The second-order valence-electron chi connectivity index (χ2n) is 7.61. The summed E-state index contributed by atoms with van der Waals surface area (Å²) in [5, 5.41) is 13.5. The summed E-state index contributed by atoms with van der Waals surface area (Å²) in [7, 11) is 0. The van der Waals surface area contributed by atoms with Crippen molar-refractivity contribution >= 4 is 29.0 Å². The van der Waals surface area contributed by atoms with E-state index >= 15 is 0 Å². The number of nitro groups is 1. The normalized spacial score (nSPS) is 11.9. The first-order chi connectivity index (χ1) is 16.8. The predicted octanol–water partition coefficient (Wildman–Crippen LogP) is 3.70. The molecule has 0 aromatic heterocycles. The SMILES string of the molecule is Cc1ccc([N+](=O)[O-])cc1NC(=O)COC(=O)c1ccccc1C(=O)c1ccc2c(c1)OCCO2. The summed E-state index contributed by atoms with van der Waals surface area (Å²) in [6.07, 6.45) is 0. The number of ether oxygens (including phenoxy) is 3. The van der Waals surface area contributed by atoms with Crippen molar-refractivity contribution in [3.05, 3.63) is 93.0 Å². The molecule has 1 aliphatic heterocycles. The molecule has 0 aliphatic carbocycles. The molecule has 4 rings (SSSR count). The number of carbonyl (C=O) groups is 3. The molecule has 0 saturated carbocycles. The minimum absolute atomic E-state index is 0.00767. The quantitative estimate of drug-likeness (QED) is 0.236. The molecule has 1 heterocycles. The third kappa shape index (κ3) is 5.27. The topological polar surface area (TPSA) is 134 Å². The molecule has 1 amide bonds. The van der Waals surface area contributed by atoms with E-state index < -0.39 is 29.2 Å². The highest BCUT2D eigenvalue weighted by molar-refractivity contribution is 6.14. The van der Waals surface area contributed by atoms with Crippen LogP contribution in [0.3, 0.4) is 0 Å². The first-order valence-electron chi connectivity index (χ1n) is 10.6. The van der Waals surface area contributed by atoms with Crippen LogP contribution in [-0.2, 0) is 9.53 Å². The van der Waals surface area contributed by atoms with E-state index in [0.29, 0.717) is 35.8 Å². The van der Waals surface area contributed by atoms with Gasteiger partial charge < -0.3 is 19.5 Å². The van der Waals surface area contributed by atoms with Crippen LogP contribution in [0, 0.1) is 17.0 Å². The maximum Gasteiger partial charge on any atom is 0.339 e. The molecule has 10 nitrogen and oxygen atoms in total. The fraction of sp³-hybridized carbons (Fsp3) is 0.160. The van der Waals surface area contributed by atoms with Crippen LogP contribution in [0.1, 0.15) is 31.8 Å². The summed E-state index contributed by atoms with van der Waals surface area (Å²) in [6.45, 7) is 1.81. The number of esters is 1. The number of carbonyl (C=O) groups excluding carboxylic acids is 3. The molecular weight excluding hydrogens is 456 g/mol. The first kappa shape index (κ1) is 23.4. The standard InChI is InChI=1S/C25H20N2O8/c1-15-6-8-17(27(31)32)13-20(15)26-23(28)14-35-25(30)19-5-3-2-4-18(19)24(29)16-7-9-21-22(12-16)34-11-10-33-21/h2-9,12-13H,10-11,14H2,1H3,(H,26,28). The lowest BCUT2D eigenvalue weighted by Crippen LogP contribution is -2.22. The van der Waals surface area contributed by atoms with E-state index in [0.717, 1.165) is 0 Å². The van der Waals surface area contributed by atoms with E-state index in [1.165, 1.54) is 30.3 Å². The maximum atomic E-state index is 13.1. The van der Waals surface area contributed by atoms with Gasteiger partial charge in [-0.2, -0.15) is 0 Å². The highest BCUT2D eigenvalue weighted by atomic mass is 16.6. The Labute approximate surface area is 199 Å². The van der Waals surface area contributed by atoms with E-state index in [1.807, 2.05) is 0 Å². The molecule has 0 atom stereocenters. The molecule has 1 N–H and O–H groups in total. The van der Waals surface area contributed by atoms with Gasteiger partial charge in [0.05, 0.1) is 16.2 Å². The Balaban J connectivity index is 1.46. The predicted molar refractivity (Wildman–Crippen MR) is 124 cm³/mol. The molecule has 1 aliphatic rings. The summed E-state index contributed by atoms with van der Waals surface area (Å²) >= 11 is 0. The average Bonchev–Trinajstić information content (AvgIpc) is 2.87. The van der Waals surface area contributed by atoms with Gasteiger partial charge in [0.1, 0.15) is 13.2 Å². The zero-order chi connectivity index (χ0) is 24.9. The van der Waals surface area contributed by atoms with Crippen molar-refractivity contribution in [1.29, 1.82) is 0 Å². The van der Waals surface area contributed by atoms with Crippen molar-refractivity contribution < 1.29 is 33.5 Å². The van der Waals surface area contributed by atoms with E-state index in [1.54, 1.807) is 37.3 Å². The van der Waals surface area contributed by atoms with Gasteiger partial charge in [-0.15, -0.1) is 0 Å². The van der Waals surface area contributed by atoms with Gasteiger partial charge >= 0.3 is 5.97 Å². The summed E-state index contributed by atoms with van der Waals surface area (Å²) < 4.78 is 16.1. The smallest absolute Gasteiger partial charge is 0.339 e. The van der Waals surface area contributed by atoms with Crippen LogP contribution >= 0.6 is 0 Å². The van der Waals surface area contributed by atoms with Crippen molar-refractivity contribution in [2.45, 2.75) is 6.92 Å². The zero-order valence-corrected chi connectivity index (χ0v) is 18.6. The molecule has 3 aromatic carbocycles. The van der Waals surface area contributed by atoms with E-state index in [9.17, 15) is 24.5 Å². The number of aryl methyl sites for hydroxylation is 1. The Morgan fingerprint density at radius 2 is 1.69 bits per heavy atom. The number of nitrogens with one attached hydrogen (secondary N) is 1. The monoisotopic (exact) mass is 476 g/mol. The Bertz CT molecular complexity index is 1330. The van der Waals surface area contributed by atoms with Gasteiger partial charge in [0.2, 0.25) is 0 Å². The van der Waals surface area contributed by atoms with Crippen LogP contribution in [0.5, 0.6) is 11.5 Å². The van der Waals surface area contributed by atoms with Crippen molar-refractivity contribution in [2.24, 2.45) is 0 Å². The Kier molecular flexibility index (Phi) is 6.72. The van der Waals surface area contributed by atoms with E-state index in [2.05, 4.69) is 5.32 Å². The highest BCUT2D eigenvalue weighted by Crippen LogP contribution is 2.32. The number of hydrogen-bond acceptors (Lipinski definition) is 8. The molecular formula is C25H20N2O8. The lowest BCUT2D eigenvalue weighted by molar-refractivity contribution is -0.384. The number of amides is 1. The van der Waals surface area contributed by atoms with Crippen LogP contribution < -0.4 is 14.8 Å². The minimum Gasteiger partial charge on any atom is -0.486 e. The number of hydrogen-bond donors (Lipinski definition) is 1. The minimum atomic E-state index is -0.864. The molecule has 0 fully saturated rings. The number of nitrogens with zero attached hydrogens (tertiary/aromatic N) is 1. The van der Waals surface area contributed by atoms with Crippen LogP contribution in [0.25, 0.3) is 0 Å². The number of non-ortho nitro benzene ring substituents is 1. The van der Waals surface area contributed by atoms with Crippen molar-refractivity contribution in [3.63, 3.8) is 0 Å². The van der Waals surface area contributed by atoms with Gasteiger partial charge in [0.15, 0.2) is 23.9 Å². The van der Waals surface area contributed by atoms with E-state index in [-0.39, 0.29) is 22.5 Å². The number of anilines is 1. The molecule has 0 spiro atoms. The second-order valence-corrected chi connectivity index (χ2v) is 7.61. The number of fused-ring (bicyclic) bond motifs is 1. The third-order valence-corrected chi connectivity index (χ3v) is 5.24. The Morgan fingerprint density at radius 3 is 2.43 bits per heavy atom. The van der Waals surface area contributed by atoms with E-state index in [4.69, 9.17) is 14.2 Å². The van der Waals surface area contributed by atoms with Gasteiger partial charge in [-0.05, 0) is 36.8 Å². The summed E-state index contributed by atoms with van der Waals surface area (Å²) in [5.41, 5.74) is 1.04. The Hall–Kier alpha value is -4.73. The number of benzene rings is 3. The average molecular weight is 476 g/mol. The molecule has 10 heteroatoms. The van der Waals surface area contributed by atoms with Crippen LogP contribution in [0.2, 0.25) is 0 Å². The van der Waals surface area contributed by atoms with Gasteiger partial charge in [-0.25, -0.2) is 4.79 Å². The third-order valence-electron chi connectivity index (χ3n) is 5.24. The number of nitro benzene ring substituents is 1. The molecule has 35 heavy (non-hydrogen) atoms. The molecule has 0 bridgehead atoms. The van der Waals surface area contributed by atoms with Gasteiger partial charge in [0, 0.05) is 23.3 Å². The first-order valence-corrected chi connectivity index (χ1v) is 10.6. The second kappa shape index (κ2) is 10.0. The van der Waals surface area contributed by atoms with Gasteiger partial charge in [-0.1, -0.05) is 24.3 Å². The molecule has 0 saturated heterocycles. The molecule has 0 unspecified atom stereocenters. The number of ketones is 1. The van der Waals surface area contributed by atoms with Crippen LogP contribution in [0.15, 0.2) is 60.7 Å². The van der Waals surface area contributed by atoms with Crippen molar-refractivity contribution in [1.82, 2.24) is 0 Å². The van der Waals surface area contributed by atoms with Gasteiger partial charge in [0.25, 0.3) is 11.6 Å². The van der Waals surface area contributed by atoms with Crippen LogP contribution in [0.4, 0.5) is 11.4 Å². The lowest BCUT2D eigenvalue weighted by atomic mass is 9.98. The van der Waals surface area contributed by atoms with Crippen molar-refractivity contribution in [3.8, 4) is 11.5 Å². The van der Waals surface area contributed by atoms with Crippen molar-refractivity contribution in [2.75, 3.05) is 25.1 Å². The Morgan fingerprint density at radius 1 is 0.971 bits per heavy atom. The fourth-order valence-corrected chi connectivity index (χ4v) is 3.45. The fourth-order valence-electron chi connectivity index (χ4n) is 3.45.